The highest BCUT2D eigenvalue weighted by atomic mass is 32.2. The summed E-state index contributed by atoms with van der Waals surface area (Å²) in [6.07, 6.45) is 3.37. The lowest BCUT2D eigenvalue weighted by atomic mass is 9.48. The fraction of sp³-hybridized carbons (Fsp3) is 0.963. The zero-order valence-electron chi connectivity index (χ0n) is 22.6. The van der Waals surface area contributed by atoms with Gasteiger partial charge in [-0.3, -0.25) is 9.35 Å². The molecule has 4 rings (SSSR count). The highest BCUT2D eigenvalue weighted by Crippen LogP contribution is 2.62. The van der Waals surface area contributed by atoms with E-state index in [-0.39, 0.29) is 36.5 Å². The third kappa shape index (κ3) is 6.42. The van der Waals surface area contributed by atoms with Gasteiger partial charge in [-0.2, -0.15) is 30.4 Å². The van der Waals surface area contributed by atoms with Crippen LogP contribution in [0.5, 0.6) is 0 Å². The van der Waals surface area contributed by atoms with Crippen LogP contribution in [0.25, 0.3) is 0 Å². The van der Waals surface area contributed by atoms with Crippen LogP contribution in [0.3, 0.4) is 0 Å². The van der Waals surface area contributed by atoms with Gasteiger partial charge < -0.3 is 10.1 Å². The smallest absolute Gasteiger partial charge is 0.432 e. The zero-order chi connectivity index (χ0) is 28.7. The van der Waals surface area contributed by atoms with Gasteiger partial charge in [-0.25, -0.2) is 0 Å². The highest BCUT2D eigenvalue weighted by molar-refractivity contribution is 7.86. The summed E-state index contributed by atoms with van der Waals surface area (Å²) >= 11 is 0. The number of esters is 1. The van der Waals surface area contributed by atoms with Gasteiger partial charge in [0.05, 0.1) is 5.41 Å². The van der Waals surface area contributed by atoms with Gasteiger partial charge in [0.2, 0.25) is 0 Å². The van der Waals surface area contributed by atoms with Crippen LogP contribution >= 0.6 is 0 Å². The Kier molecular flexibility index (Phi) is 9.00. The van der Waals surface area contributed by atoms with Crippen molar-refractivity contribution >= 4 is 16.1 Å². The molecule has 4 aliphatic carbocycles. The van der Waals surface area contributed by atoms with Crippen molar-refractivity contribution in [3.05, 3.63) is 0 Å². The van der Waals surface area contributed by atoms with Crippen molar-refractivity contribution in [2.24, 2.45) is 22.7 Å². The average molecular weight is 588 g/mol. The van der Waals surface area contributed by atoms with Crippen molar-refractivity contribution in [2.75, 3.05) is 0 Å². The van der Waals surface area contributed by atoms with Gasteiger partial charge in [0.15, 0.2) is 0 Å². The van der Waals surface area contributed by atoms with Crippen molar-refractivity contribution in [1.82, 2.24) is 5.32 Å². The average Bonchev–Trinajstić information content (AvgIpc) is 2.86. The summed E-state index contributed by atoms with van der Waals surface area (Å²) in [6.45, 7) is 2.03. The molecule has 0 aromatic rings. The highest BCUT2D eigenvalue weighted by Gasteiger charge is 2.67. The summed E-state index contributed by atoms with van der Waals surface area (Å²) in [5.74, 6) is -1.13. The number of alkyl halides is 5. The quantitative estimate of drug-likeness (QED) is 0.185. The number of hydrogen-bond donors (Lipinski definition) is 2. The van der Waals surface area contributed by atoms with E-state index in [1.807, 2.05) is 6.92 Å². The molecule has 4 saturated carbocycles. The number of nitrogens with one attached hydrogen (secondary N) is 1. The predicted molar refractivity (Wildman–Crippen MR) is 135 cm³/mol. The normalized spacial score (nSPS) is 35.8. The third-order valence-corrected chi connectivity index (χ3v) is 11.2. The van der Waals surface area contributed by atoms with Gasteiger partial charge >= 0.3 is 27.5 Å². The fourth-order valence-corrected chi connectivity index (χ4v) is 8.91. The maximum Gasteiger partial charge on any atom is 0.432 e. The second-order valence-corrected chi connectivity index (χ2v) is 14.3. The van der Waals surface area contributed by atoms with Crippen LogP contribution in [-0.4, -0.2) is 48.6 Å². The van der Waals surface area contributed by atoms with E-state index < -0.39 is 39.0 Å². The Morgan fingerprint density at radius 2 is 1.64 bits per heavy atom. The van der Waals surface area contributed by atoms with Crippen LogP contribution in [0.2, 0.25) is 0 Å². The van der Waals surface area contributed by atoms with Gasteiger partial charge in [0, 0.05) is 12.1 Å². The molecule has 226 valence electrons. The molecule has 0 heterocycles. The molecule has 6 unspecified atom stereocenters. The second kappa shape index (κ2) is 11.3. The first-order chi connectivity index (χ1) is 18.1. The number of carbonyl (C=O) groups excluding carboxylic acids is 1. The van der Waals surface area contributed by atoms with E-state index in [0.717, 1.165) is 51.4 Å². The molecule has 2 N–H and O–H groups in total. The van der Waals surface area contributed by atoms with Gasteiger partial charge in [-0.15, -0.1) is 0 Å². The molecule has 4 aliphatic rings. The Morgan fingerprint density at radius 1 is 0.974 bits per heavy atom. The Bertz CT molecular complexity index is 986. The Balaban J connectivity index is 1.57. The van der Waals surface area contributed by atoms with Crippen LogP contribution in [0.15, 0.2) is 0 Å². The number of fused-ring (bicyclic) bond motifs is 2. The molecule has 0 aromatic heterocycles. The number of rotatable bonds is 8. The van der Waals surface area contributed by atoms with Crippen molar-refractivity contribution < 1.29 is 44.5 Å². The molecule has 12 heteroatoms. The summed E-state index contributed by atoms with van der Waals surface area (Å²) < 4.78 is 105. The molecule has 39 heavy (non-hydrogen) atoms. The number of carbonyl (C=O) groups is 1. The Labute approximate surface area is 227 Å². The molecule has 0 spiro atoms. The van der Waals surface area contributed by atoms with Gasteiger partial charge in [-0.1, -0.05) is 51.9 Å². The maximum absolute atomic E-state index is 14.2. The lowest BCUT2D eigenvalue weighted by Gasteiger charge is -2.56. The second-order valence-electron chi connectivity index (χ2n) is 12.8. The molecule has 0 aromatic carbocycles. The van der Waals surface area contributed by atoms with E-state index in [4.69, 9.17) is 4.55 Å². The molecular formula is C27H42F5NO5S. The third-order valence-electron chi connectivity index (χ3n) is 10.3. The Hall–Kier alpha value is -1.01. The van der Waals surface area contributed by atoms with Crippen LogP contribution in [-0.2, 0) is 19.6 Å². The van der Waals surface area contributed by atoms with E-state index in [1.54, 1.807) is 0 Å². The maximum atomic E-state index is 14.2. The van der Waals surface area contributed by atoms with E-state index in [2.05, 4.69) is 10.1 Å². The Morgan fingerprint density at radius 3 is 2.26 bits per heavy atom. The molecular weight excluding hydrogens is 545 g/mol. The minimum atomic E-state index is -6.49. The molecule has 6 nitrogen and oxygen atoms in total. The summed E-state index contributed by atoms with van der Waals surface area (Å²) in [6, 6.07) is 0.832. The monoisotopic (exact) mass is 587 g/mol. The molecule has 6 atom stereocenters. The van der Waals surface area contributed by atoms with E-state index in [0.29, 0.717) is 24.9 Å². The molecule has 0 amide bonds. The molecule has 0 saturated heterocycles. The first-order valence-electron chi connectivity index (χ1n) is 14.5. The van der Waals surface area contributed by atoms with Gasteiger partial charge in [-0.05, 0) is 75.0 Å². The number of ether oxygens (including phenoxy) is 1. The van der Waals surface area contributed by atoms with E-state index in [1.165, 1.54) is 19.3 Å². The minimum Gasteiger partial charge on any atom is -0.444 e. The largest absolute Gasteiger partial charge is 0.444 e. The molecule has 0 radical (unpaired) electrons. The van der Waals surface area contributed by atoms with Crippen molar-refractivity contribution in [3.8, 4) is 0 Å². The van der Waals surface area contributed by atoms with E-state index >= 15 is 0 Å². The zero-order valence-corrected chi connectivity index (χ0v) is 23.4. The number of hydrogen-bond acceptors (Lipinski definition) is 5. The summed E-state index contributed by atoms with van der Waals surface area (Å²) in [5, 5.41) is -1.87. The topological polar surface area (TPSA) is 92.7 Å². The van der Waals surface area contributed by atoms with Crippen LogP contribution in [0.1, 0.15) is 110 Å². The van der Waals surface area contributed by atoms with E-state index in [9.17, 15) is 35.2 Å². The summed E-state index contributed by atoms with van der Waals surface area (Å²) in [7, 11) is -6.49. The number of halogens is 5. The summed E-state index contributed by atoms with van der Waals surface area (Å²) in [5.41, 5.74) is -1.73. The minimum absolute atomic E-state index is 0.0538. The standard InChI is InChI=1S/C27H42F5NO5S/c1-2-24(19-9-6-12-21(14-19)33-20-10-4-3-5-11-20)15-18-8-7-13-25(16-18,17-24)23(34)38-22(26(28,29)30)27(31,32)39(35,36)37/h18-22,33H,2-17H2,1H3,(H,35,36,37). The predicted octanol–water partition coefficient (Wildman–Crippen LogP) is 6.79. The van der Waals surface area contributed by atoms with Crippen molar-refractivity contribution in [1.29, 1.82) is 0 Å². The molecule has 0 aliphatic heterocycles. The SMILES string of the molecule is CCC1(C2CCCC(NC3CCCCC3)C2)CC2CCCC(C(=O)OC(C(F)(F)F)C(F)(F)S(=O)(=O)O)(C2)C1. The first kappa shape index (κ1) is 30.9. The van der Waals surface area contributed by atoms with Gasteiger partial charge in [0.25, 0.3) is 6.10 Å². The fourth-order valence-electron chi connectivity index (χ4n) is 8.46. The van der Waals surface area contributed by atoms with Crippen LogP contribution in [0.4, 0.5) is 22.0 Å². The van der Waals surface area contributed by atoms with Crippen molar-refractivity contribution in [2.45, 2.75) is 139 Å². The lowest BCUT2D eigenvalue weighted by Crippen LogP contribution is -2.56. The first-order valence-corrected chi connectivity index (χ1v) is 15.9. The van der Waals surface area contributed by atoms with Gasteiger partial charge in [0.1, 0.15) is 0 Å². The van der Waals surface area contributed by atoms with Crippen LogP contribution < -0.4 is 5.32 Å². The summed E-state index contributed by atoms with van der Waals surface area (Å²) in [4.78, 5) is 13.4. The van der Waals surface area contributed by atoms with Crippen molar-refractivity contribution in [3.63, 3.8) is 0 Å². The van der Waals surface area contributed by atoms with Crippen LogP contribution in [0, 0.1) is 22.7 Å². The molecule has 2 bridgehead atoms. The molecule has 4 fully saturated rings. The lowest BCUT2D eigenvalue weighted by molar-refractivity contribution is -0.265.